The van der Waals surface area contributed by atoms with Crippen molar-refractivity contribution in [2.45, 2.75) is 52.1 Å². The Balaban J connectivity index is 1.69. The zero-order valence-electron chi connectivity index (χ0n) is 18.3. The summed E-state index contributed by atoms with van der Waals surface area (Å²) in [5, 5.41) is 0.0341. The smallest absolute Gasteiger partial charge is 0.325 e. The van der Waals surface area contributed by atoms with Crippen molar-refractivity contribution in [2.75, 3.05) is 29.5 Å². The van der Waals surface area contributed by atoms with Crippen molar-refractivity contribution in [3.63, 3.8) is 0 Å². The van der Waals surface area contributed by atoms with E-state index in [4.69, 9.17) is 21.9 Å². The fraction of sp³-hybridized carbons (Fsp3) is 0.550. The van der Waals surface area contributed by atoms with Crippen molar-refractivity contribution in [1.82, 2.24) is 24.9 Å². The molecule has 0 spiro atoms. The van der Waals surface area contributed by atoms with E-state index < -0.39 is 0 Å². The van der Waals surface area contributed by atoms with E-state index in [9.17, 15) is 4.79 Å². The maximum atomic E-state index is 11.5. The normalized spacial score (nSPS) is 18.2. The first-order chi connectivity index (χ1) is 15.4. The molecule has 170 valence electrons. The van der Waals surface area contributed by atoms with Crippen LogP contribution in [0.2, 0.25) is 5.28 Å². The summed E-state index contributed by atoms with van der Waals surface area (Å²) in [4.78, 5) is 40.2. The maximum Gasteiger partial charge on any atom is 0.325 e. The monoisotopic (exact) mass is 459 g/mol. The average Bonchev–Trinajstić information content (AvgIpc) is 2.73. The molecular weight excluding hydrogens is 434 g/mol. The topological polar surface area (TPSA) is 134 Å². The van der Waals surface area contributed by atoms with Crippen molar-refractivity contribution in [2.24, 2.45) is 0 Å². The van der Waals surface area contributed by atoms with Crippen LogP contribution < -0.4 is 9.80 Å². The highest BCUT2D eigenvalue weighted by Gasteiger charge is 2.32. The molecule has 3 rings (SSSR count). The standard InChI is InChI=1S/C20H26ClN9O2/c1-4-5-18(31)32-9-7-15-23-8-6-17(25-15)29-11-13(2)30(14(3)12-29)20-27-16(10-24-22)26-19(21)28-20/h6,8,10,13-14H,4-5,7,9,11-12H2,1-3H3/t13-,14+. The average molecular weight is 460 g/mol. The van der Waals surface area contributed by atoms with E-state index in [2.05, 4.69) is 53.4 Å². The molecule has 0 aromatic carbocycles. The number of aromatic nitrogens is 5. The largest absolute Gasteiger partial charge is 0.465 e. The highest BCUT2D eigenvalue weighted by Crippen LogP contribution is 2.25. The first-order valence-corrected chi connectivity index (χ1v) is 10.9. The highest BCUT2D eigenvalue weighted by molar-refractivity contribution is 6.28. The molecule has 1 aliphatic heterocycles. The summed E-state index contributed by atoms with van der Waals surface area (Å²) in [7, 11) is 0. The van der Waals surface area contributed by atoms with Crippen LogP contribution in [0, 0.1) is 0 Å². The zero-order chi connectivity index (χ0) is 23.1. The van der Waals surface area contributed by atoms with Crippen LogP contribution in [0.3, 0.4) is 0 Å². The fourth-order valence-corrected chi connectivity index (χ4v) is 3.86. The molecule has 1 aliphatic rings. The van der Waals surface area contributed by atoms with Crippen molar-refractivity contribution < 1.29 is 14.3 Å². The molecule has 3 heterocycles. The van der Waals surface area contributed by atoms with E-state index in [0.717, 1.165) is 18.5 Å². The quantitative estimate of drug-likeness (QED) is 0.251. The van der Waals surface area contributed by atoms with Gasteiger partial charge in [-0.1, -0.05) is 6.92 Å². The Morgan fingerprint density at radius 1 is 1.28 bits per heavy atom. The maximum absolute atomic E-state index is 11.5. The molecule has 0 aliphatic carbocycles. The van der Waals surface area contributed by atoms with Gasteiger partial charge in [-0.05, 0) is 37.9 Å². The number of esters is 1. The lowest BCUT2D eigenvalue weighted by atomic mass is 10.1. The van der Waals surface area contributed by atoms with Crippen LogP contribution in [0.25, 0.3) is 5.53 Å². The number of rotatable bonds is 8. The molecular formula is C20H26ClN9O2. The number of anilines is 2. The lowest BCUT2D eigenvalue weighted by molar-refractivity contribution is -0.143. The van der Waals surface area contributed by atoms with Crippen LogP contribution in [-0.4, -0.2) is 73.7 Å². The molecule has 1 saturated heterocycles. The number of piperazine rings is 1. The SMILES string of the molecule is CCCC(=O)OCCc1nccc(N2C[C@@H](C)N(c3nc(Cl)nc(C=[N+]=[N-])n3)[C@@H](C)C2)n1. The molecule has 0 unspecified atom stereocenters. The summed E-state index contributed by atoms with van der Waals surface area (Å²) in [6.45, 7) is 7.69. The number of hydrogen-bond acceptors (Lipinski definition) is 9. The molecule has 2 atom stereocenters. The van der Waals surface area contributed by atoms with Crippen molar-refractivity contribution in [3.8, 4) is 0 Å². The lowest BCUT2D eigenvalue weighted by Gasteiger charge is -2.44. The van der Waals surface area contributed by atoms with Crippen LogP contribution in [0.5, 0.6) is 0 Å². The summed E-state index contributed by atoms with van der Waals surface area (Å²) < 4.78 is 5.21. The van der Waals surface area contributed by atoms with Gasteiger partial charge in [-0.25, -0.2) is 9.97 Å². The number of hydrogen-bond donors (Lipinski definition) is 0. The summed E-state index contributed by atoms with van der Waals surface area (Å²) in [6.07, 6.45) is 4.49. The van der Waals surface area contributed by atoms with Gasteiger partial charge in [0, 0.05) is 44.2 Å². The van der Waals surface area contributed by atoms with Crippen LogP contribution in [0.4, 0.5) is 11.8 Å². The Morgan fingerprint density at radius 2 is 2.03 bits per heavy atom. The van der Waals surface area contributed by atoms with E-state index in [1.54, 1.807) is 6.20 Å². The number of carbonyl (C=O) groups excluding carboxylic acids is 1. The molecule has 0 bridgehead atoms. The van der Waals surface area contributed by atoms with Crippen LogP contribution in [0.15, 0.2) is 12.3 Å². The molecule has 11 nitrogen and oxygen atoms in total. The first kappa shape index (κ1) is 23.5. The summed E-state index contributed by atoms with van der Waals surface area (Å²) in [5.41, 5.74) is 8.77. The second kappa shape index (κ2) is 10.9. The Labute approximate surface area is 191 Å². The van der Waals surface area contributed by atoms with Gasteiger partial charge in [0.15, 0.2) is 0 Å². The molecule has 1 fully saturated rings. The van der Waals surface area contributed by atoms with E-state index in [1.807, 2.05) is 13.0 Å². The van der Waals surface area contributed by atoms with Gasteiger partial charge in [0.25, 0.3) is 0 Å². The van der Waals surface area contributed by atoms with Gasteiger partial charge in [-0.2, -0.15) is 19.7 Å². The first-order valence-electron chi connectivity index (χ1n) is 10.5. The molecule has 0 amide bonds. The third kappa shape index (κ3) is 5.95. The Hall–Kier alpha value is -3.17. The number of nitrogens with zero attached hydrogens (tertiary/aromatic N) is 9. The minimum atomic E-state index is -0.200. The van der Waals surface area contributed by atoms with Crippen molar-refractivity contribution >= 4 is 35.6 Å². The van der Waals surface area contributed by atoms with E-state index in [-0.39, 0.29) is 35.8 Å². The van der Waals surface area contributed by atoms with Crippen LogP contribution in [-0.2, 0) is 16.0 Å². The van der Waals surface area contributed by atoms with Crippen LogP contribution >= 0.6 is 11.6 Å². The predicted octanol–water partition coefficient (Wildman–Crippen LogP) is 1.95. The van der Waals surface area contributed by atoms with Crippen molar-refractivity contribution in [1.29, 1.82) is 0 Å². The second-order valence-electron chi connectivity index (χ2n) is 7.57. The molecule has 2 aromatic rings. The summed E-state index contributed by atoms with van der Waals surface area (Å²) in [5.74, 6) is 1.86. The van der Waals surface area contributed by atoms with Gasteiger partial charge in [0.05, 0.1) is 6.61 Å². The van der Waals surface area contributed by atoms with Gasteiger partial charge >= 0.3 is 12.2 Å². The molecule has 2 aromatic heterocycles. The second-order valence-corrected chi connectivity index (χ2v) is 7.91. The molecule has 0 radical (unpaired) electrons. The van der Waals surface area contributed by atoms with Gasteiger partial charge in [-0.15, -0.1) is 0 Å². The van der Waals surface area contributed by atoms with Gasteiger partial charge in [-0.3, -0.25) is 4.79 Å². The van der Waals surface area contributed by atoms with Gasteiger partial charge in [0.1, 0.15) is 11.6 Å². The van der Waals surface area contributed by atoms with E-state index in [1.165, 1.54) is 0 Å². The highest BCUT2D eigenvalue weighted by atomic mass is 35.5. The summed E-state index contributed by atoms with van der Waals surface area (Å²) in [6, 6.07) is 1.96. The third-order valence-electron chi connectivity index (χ3n) is 4.99. The number of halogens is 1. The van der Waals surface area contributed by atoms with Crippen molar-refractivity contribution in [3.05, 3.63) is 34.7 Å². The molecule has 32 heavy (non-hydrogen) atoms. The lowest BCUT2D eigenvalue weighted by Crippen LogP contribution is -2.58. The Morgan fingerprint density at radius 3 is 2.72 bits per heavy atom. The third-order valence-corrected chi connectivity index (χ3v) is 5.16. The van der Waals surface area contributed by atoms with E-state index in [0.29, 0.717) is 37.7 Å². The Bertz CT molecular complexity index is 987. The predicted molar refractivity (Wildman–Crippen MR) is 119 cm³/mol. The molecule has 0 N–H and O–H groups in total. The molecule has 0 saturated carbocycles. The minimum Gasteiger partial charge on any atom is -0.465 e. The fourth-order valence-electron chi connectivity index (χ4n) is 3.70. The summed E-state index contributed by atoms with van der Waals surface area (Å²) >= 11 is 6.03. The zero-order valence-corrected chi connectivity index (χ0v) is 19.1. The minimum absolute atomic E-state index is 0.0341. The Kier molecular flexibility index (Phi) is 8.02. The van der Waals surface area contributed by atoms with Crippen LogP contribution in [0.1, 0.15) is 45.3 Å². The number of ether oxygens (including phenoxy) is 1. The molecule has 12 heteroatoms. The van der Waals surface area contributed by atoms with Gasteiger partial charge in [0.2, 0.25) is 17.1 Å². The van der Waals surface area contributed by atoms with Gasteiger partial charge < -0.3 is 20.1 Å². The van der Waals surface area contributed by atoms with E-state index >= 15 is 0 Å². The number of carbonyl (C=O) groups is 1.